The molecule has 1 heterocycles. The van der Waals surface area contributed by atoms with Gasteiger partial charge in [-0.2, -0.15) is 23.4 Å². The molecule has 0 saturated carbocycles. The zero-order valence-electron chi connectivity index (χ0n) is 14.0. The number of nitrogens with zero attached hydrogens (tertiary/aromatic N) is 4. The van der Waals surface area contributed by atoms with E-state index in [0.717, 1.165) is 6.21 Å². The fourth-order valence-corrected chi connectivity index (χ4v) is 2.21. The number of nitrogens with one attached hydrogen (secondary N) is 3. The van der Waals surface area contributed by atoms with E-state index in [4.69, 9.17) is 10.7 Å². The lowest BCUT2D eigenvalue weighted by Gasteiger charge is -2.19. The van der Waals surface area contributed by atoms with Gasteiger partial charge in [0, 0.05) is 37.8 Å². The van der Waals surface area contributed by atoms with Crippen molar-refractivity contribution in [2.45, 2.75) is 6.18 Å². The Morgan fingerprint density at radius 1 is 1.31 bits per heavy atom. The quantitative estimate of drug-likeness (QED) is 0.538. The first kappa shape index (κ1) is 19.0. The van der Waals surface area contributed by atoms with Crippen LogP contribution in [0, 0.1) is 16.7 Å². The minimum Gasteiger partial charge on any atom is -0.372 e. The summed E-state index contributed by atoms with van der Waals surface area (Å²) >= 11 is 0. The number of halogens is 3. The lowest BCUT2D eigenvalue weighted by Crippen LogP contribution is -2.19. The van der Waals surface area contributed by atoms with E-state index >= 15 is 0 Å². The van der Waals surface area contributed by atoms with Gasteiger partial charge in [0.15, 0.2) is 0 Å². The Morgan fingerprint density at radius 3 is 2.58 bits per heavy atom. The topological polar surface area (TPSA) is 101 Å². The number of benzene rings is 1. The Bertz CT molecular complexity index is 841. The maximum Gasteiger partial charge on any atom is 0.421 e. The molecule has 136 valence electrons. The summed E-state index contributed by atoms with van der Waals surface area (Å²) < 4.78 is 39.2. The summed E-state index contributed by atoms with van der Waals surface area (Å²) in [4.78, 5) is 8.92. The van der Waals surface area contributed by atoms with Crippen LogP contribution in [0.5, 0.6) is 0 Å². The Morgan fingerprint density at radius 2 is 2.00 bits per heavy atom. The summed E-state index contributed by atoms with van der Waals surface area (Å²) in [5.74, 6) is -0.313. The van der Waals surface area contributed by atoms with Crippen molar-refractivity contribution in [1.29, 1.82) is 10.7 Å². The van der Waals surface area contributed by atoms with Gasteiger partial charge in [0.05, 0.1) is 11.8 Å². The molecule has 26 heavy (non-hydrogen) atoms. The monoisotopic (exact) mass is 363 g/mol. The van der Waals surface area contributed by atoms with E-state index in [-0.39, 0.29) is 18.3 Å². The van der Waals surface area contributed by atoms with Crippen molar-refractivity contribution < 1.29 is 13.2 Å². The van der Waals surface area contributed by atoms with Gasteiger partial charge in [0.2, 0.25) is 5.95 Å². The lowest BCUT2D eigenvalue weighted by molar-refractivity contribution is -0.137. The van der Waals surface area contributed by atoms with Crippen molar-refractivity contribution in [1.82, 2.24) is 9.97 Å². The number of aromatic nitrogens is 2. The Labute approximate surface area is 148 Å². The number of rotatable bonds is 6. The third-order valence-electron chi connectivity index (χ3n) is 3.35. The van der Waals surface area contributed by atoms with Gasteiger partial charge in [0.25, 0.3) is 0 Å². The fraction of sp³-hybridized carbons (Fsp3) is 0.250. The maximum atomic E-state index is 13.1. The summed E-state index contributed by atoms with van der Waals surface area (Å²) in [6.45, 7) is 0.0475. The molecule has 0 fully saturated rings. The first-order valence-electron chi connectivity index (χ1n) is 7.40. The van der Waals surface area contributed by atoms with Gasteiger partial charge in [-0.15, -0.1) is 0 Å². The molecule has 0 aliphatic carbocycles. The van der Waals surface area contributed by atoms with E-state index in [1.807, 2.05) is 6.07 Å². The highest BCUT2D eigenvalue weighted by molar-refractivity contribution is 5.94. The van der Waals surface area contributed by atoms with Gasteiger partial charge in [0.1, 0.15) is 17.9 Å². The molecule has 0 spiro atoms. The smallest absolute Gasteiger partial charge is 0.372 e. The van der Waals surface area contributed by atoms with Gasteiger partial charge < -0.3 is 20.9 Å². The van der Waals surface area contributed by atoms with Crippen molar-refractivity contribution in [2.24, 2.45) is 0 Å². The van der Waals surface area contributed by atoms with E-state index in [1.165, 1.54) is 19.0 Å². The van der Waals surface area contributed by atoms with E-state index < -0.39 is 11.7 Å². The molecule has 0 aliphatic rings. The second-order valence-corrected chi connectivity index (χ2v) is 5.37. The van der Waals surface area contributed by atoms with E-state index in [9.17, 15) is 13.2 Å². The summed E-state index contributed by atoms with van der Waals surface area (Å²) in [5.41, 5.74) is 0.445. The highest BCUT2D eigenvalue weighted by atomic mass is 19.4. The van der Waals surface area contributed by atoms with Gasteiger partial charge in [-0.25, -0.2) is 4.98 Å². The minimum absolute atomic E-state index is 0.0396. The van der Waals surface area contributed by atoms with Crippen molar-refractivity contribution in [3.05, 3.63) is 35.5 Å². The van der Waals surface area contributed by atoms with Gasteiger partial charge in [-0.1, -0.05) is 6.07 Å². The van der Waals surface area contributed by atoms with Gasteiger partial charge in [-0.3, -0.25) is 0 Å². The molecule has 0 atom stereocenters. The molecule has 0 aliphatic heterocycles. The predicted molar refractivity (Wildman–Crippen MR) is 93.1 cm³/mol. The zero-order valence-corrected chi connectivity index (χ0v) is 14.0. The number of hydrogen-bond donors (Lipinski definition) is 3. The number of nitriles is 1. The normalized spacial score (nSPS) is 10.8. The third kappa shape index (κ3) is 4.18. The van der Waals surface area contributed by atoms with Crippen molar-refractivity contribution in [3.63, 3.8) is 0 Å². The molecule has 0 radical (unpaired) electrons. The summed E-state index contributed by atoms with van der Waals surface area (Å²) in [6, 6.07) is 6.92. The molecule has 1 aromatic heterocycles. The molecule has 0 unspecified atom stereocenters. The number of anilines is 4. The molecule has 2 rings (SSSR count). The van der Waals surface area contributed by atoms with Gasteiger partial charge in [-0.05, 0) is 12.1 Å². The maximum absolute atomic E-state index is 13.1. The summed E-state index contributed by atoms with van der Waals surface area (Å²) in [5, 5.41) is 21.9. The largest absolute Gasteiger partial charge is 0.421 e. The summed E-state index contributed by atoms with van der Waals surface area (Å²) in [7, 11) is 2.91. The highest BCUT2D eigenvalue weighted by Crippen LogP contribution is 2.35. The average Bonchev–Trinajstić information content (AvgIpc) is 2.59. The van der Waals surface area contributed by atoms with Crippen molar-refractivity contribution in [3.8, 4) is 6.07 Å². The third-order valence-corrected chi connectivity index (χ3v) is 3.35. The Hall–Kier alpha value is -3.35. The molecule has 0 amide bonds. The van der Waals surface area contributed by atoms with Gasteiger partial charge >= 0.3 is 6.18 Å². The zero-order chi connectivity index (χ0) is 19.3. The fourth-order valence-electron chi connectivity index (χ4n) is 2.21. The lowest BCUT2D eigenvalue weighted by atomic mass is 10.1. The molecule has 10 heteroatoms. The van der Waals surface area contributed by atoms with E-state index in [2.05, 4.69) is 20.6 Å². The van der Waals surface area contributed by atoms with E-state index in [0.29, 0.717) is 23.1 Å². The SMILES string of the molecule is CN(C)c1nc(Nc2cccc(NCC#N)c2C=N)ncc1C(F)(F)F. The second-order valence-electron chi connectivity index (χ2n) is 5.37. The average molecular weight is 363 g/mol. The molecular weight excluding hydrogens is 347 g/mol. The summed E-state index contributed by atoms with van der Waals surface area (Å²) in [6.07, 6.45) is -2.79. The van der Waals surface area contributed by atoms with Crippen LogP contribution in [0.3, 0.4) is 0 Å². The van der Waals surface area contributed by atoms with Crippen LogP contribution < -0.4 is 15.5 Å². The number of hydrogen-bond acceptors (Lipinski definition) is 7. The van der Waals surface area contributed by atoms with Crippen LogP contribution in [0.15, 0.2) is 24.4 Å². The second kappa shape index (κ2) is 7.69. The molecule has 2 aromatic rings. The molecule has 1 aromatic carbocycles. The molecule has 7 nitrogen and oxygen atoms in total. The first-order chi connectivity index (χ1) is 12.3. The molecule has 0 bridgehead atoms. The van der Waals surface area contributed by atoms with E-state index in [1.54, 1.807) is 18.2 Å². The van der Waals surface area contributed by atoms with Crippen molar-refractivity contribution in [2.75, 3.05) is 36.2 Å². The predicted octanol–water partition coefficient (Wildman–Crippen LogP) is 3.24. The Kier molecular flexibility index (Phi) is 5.61. The van der Waals surface area contributed by atoms with Crippen LogP contribution in [-0.4, -0.2) is 36.8 Å². The molecule has 3 N–H and O–H groups in total. The van der Waals surface area contributed by atoms with Crippen LogP contribution in [0.2, 0.25) is 0 Å². The van der Waals surface area contributed by atoms with Crippen LogP contribution in [0.1, 0.15) is 11.1 Å². The van der Waals surface area contributed by atoms with Crippen LogP contribution in [-0.2, 0) is 6.18 Å². The minimum atomic E-state index is -4.57. The van der Waals surface area contributed by atoms with Crippen LogP contribution in [0.25, 0.3) is 0 Å². The van der Waals surface area contributed by atoms with Crippen LogP contribution >= 0.6 is 0 Å². The Balaban J connectivity index is 2.42. The molecular formula is C16H16F3N7. The standard InChI is InChI=1S/C16H16F3N7/c1-26(2)14-11(16(17,18)19)9-23-15(25-14)24-13-5-3-4-12(10(13)8-21)22-7-6-20/h3-5,8-9,21-22H,7H2,1-2H3,(H,23,24,25). The highest BCUT2D eigenvalue weighted by Gasteiger charge is 2.35. The van der Waals surface area contributed by atoms with Crippen molar-refractivity contribution >= 4 is 29.4 Å². The first-order valence-corrected chi connectivity index (χ1v) is 7.40. The number of alkyl halides is 3. The van der Waals surface area contributed by atoms with Crippen LogP contribution in [0.4, 0.5) is 36.3 Å². The molecule has 0 saturated heterocycles.